The van der Waals surface area contributed by atoms with E-state index >= 15 is 0 Å². The highest BCUT2D eigenvalue weighted by Crippen LogP contribution is 2.33. The number of benzene rings is 2. The largest absolute Gasteiger partial charge is 0.416 e. The highest BCUT2D eigenvalue weighted by atomic mass is 19.4. The zero-order valence-electron chi connectivity index (χ0n) is 15.3. The lowest BCUT2D eigenvalue weighted by Gasteiger charge is -2.25. The van der Waals surface area contributed by atoms with Crippen LogP contribution in [0.5, 0.6) is 0 Å². The van der Waals surface area contributed by atoms with Crippen molar-refractivity contribution in [3.8, 4) is 0 Å². The summed E-state index contributed by atoms with van der Waals surface area (Å²) >= 11 is 0. The summed E-state index contributed by atoms with van der Waals surface area (Å²) in [6, 6.07) is 12.4. The third-order valence-corrected chi connectivity index (χ3v) is 4.25. The van der Waals surface area contributed by atoms with Gasteiger partial charge in [0.05, 0.1) is 23.4 Å². The van der Waals surface area contributed by atoms with Crippen LogP contribution in [0.15, 0.2) is 48.5 Å². The summed E-state index contributed by atoms with van der Waals surface area (Å²) in [5, 5.41) is 6.00. The minimum absolute atomic E-state index is 0.0195. The number of hydrogen-bond acceptors (Lipinski definition) is 3. The predicted molar refractivity (Wildman–Crippen MR) is 101 cm³/mol. The number of halogens is 3. The van der Waals surface area contributed by atoms with Gasteiger partial charge in [0.2, 0.25) is 5.91 Å². The first-order valence-electron chi connectivity index (χ1n) is 8.70. The van der Waals surface area contributed by atoms with E-state index in [1.807, 2.05) is 44.2 Å². The molecule has 0 aliphatic heterocycles. The molecule has 4 nitrogen and oxygen atoms in total. The maximum absolute atomic E-state index is 12.8. The zero-order valence-corrected chi connectivity index (χ0v) is 15.3. The molecule has 2 aromatic carbocycles. The highest BCUT2D eigenvalue weighted by Gasteiger charge is 2.31. The third kappa shape index (κ3) is 6.20. The van der Waals surface area contributed by atoms with Crippen LogP contribution in [0.3, 0.4) is 0 Å². The van der Waals surface area contributed by atoms with Crippen molar-refractivity contribution in [1.29, 1.82) is 0 Å². The average Bonchev–Trinajstić information content (AvgIpc) is 2.59. The second-order valence-electron chi connectivity index (χ2n) is 6.76. The molecule has 146 valence electrons. The number of nitrogen functional groups attached to an aromatic ring is 1. The Morgan fingerprint density at radius 1 is 1.11 bits per heavy atom. The maximum Gasteiger partial charge on any atom is 0.416 e. The Morgan fingerprint density at radius 3 is 2.33 bits per heavy atom. The fourth-order valence-corrected chi connectivity index (χ4v) is 2.59. The standard InChI is InChI=1S/C20H24F3N3O/c1-13(2)18(12-25-19(27)10-14-6-4-3-5-7-14)26-17-9-8-15(11-16(17)24)20(21,22)23/h3-9,11,13,18,26H,10,12,24H2,1-2H3,(H,25,27)/t18-/m0/s1. The van der Waals surface area contributed by atoms with Crippen LogP contribution >= 0.6 is 0 Å². The minimum Gasteiger partial charge on any atom is -0.397 e. The molecule has 0 aliphatic carbocycles. The summed E-state index contributed by atoms with van der Waals surface area (Å²) in [7, 11) is 0. The molecule has 0 heterocycles. The molecule has 7 heteroatoms. The Morgan fingerprint density at radius 2 is 1.78 bits per heavy atom. The monoisotopic (exact) mass is 379 g/mol. The van der Waals surface area contributed by atoms with E-state index in [1.165, 1.54) is 6.07 Å². The first-order valence-corrected chi connectivity index (χ1v) is 8.70. The number of nitrogens with two attached hydrogens (primary N) is 1. The summed E-state index contributed by atoms with van der Waals surface area (Å²) in [6.07, 6.45) is -4.16. The first-order chi connectivity index (χ1) is 12.7. The van der Waals surface area contributed by atoms with Crippen LogP contribution in [-0.2, 0) is 17.4 Å². The normalized spacial score (nSPS) is 12.7. The van der Waals surface area contributed by atoms with Crippen molar-refractivity contribution in [2.45, 2.75) is 32.5 Å². The van der Waals surface area contributed by atoms with Crippen molar-refractivity contribution in [1.82, 2.24) is 5.32 Å². The van der Waals surface area contributed by atoms with Gasteiger partial charge in [0.15, 0.2) is 0 Å². The van der Waals surface area contributed by atoms with E-state index in [0.717, 1.165) is 17.7 Å². The van der Waals surface area contributed by atoms with Gasteiger partial charge < -0.3 is 16.4 Å². The molecule has 4 N–H and O–H groups in total. The molecule has 0 bridgehead atoms. The molecule has 0 spiro atoms. The second kappa shape index (κ2) is 8.79. The van der Waals surface area contributed by atoms with Crippen molar-refractivity contribution >= 4 is 17.3 Å². The van der Waals surface area contributed by atoms with Crippen LogP contribution < -0.4 is 16.4 Å². The molecule has 2 aromatic rings. The average molecular weight is 379 g/mol. The Balaban J connectivity index is 1.98. The molecule has 0 aromatic heterocycles. The SMILES string of the molecule is CC(C)[C@H](CNC(=O)Cc1ccccc1)Nc1ccc(C(F)(F)F)cc1N. The van der Waals surface area contributed by atoms with Crippen LogP contribution in [0.4, 0.5) is 24.5 Å². The third-order valence-electron chi connectivity index (χ3n) is 4.25. The molecule has 1 atom stereocenters. The fourth-order valence-electron chi connectivity index (χ4n) is 2.59. The molecule has 0 radical (unpaired) electrons. The Kier molecular flexibility index (Phi) is 6.71. The van der Waals surface area contributed by atoms with Crippen molar-refractivity contribution in [3.05, 3.63) is 59.7 Å². The van der Waals surface area contributed by atoms with E-state index in [2.05, 4.69) is 10.6 Å². The Labute approximate surface area is 157 Å². The van der Waals surface area contributed by atoms with E-state index in [0.29, 0.717) is 12.2 Å². The Hall–Kier alpha value is -2.70. The number of amides is 1. The number of alkyl halides is 3. The van der Waals surface area contributed by atoms with Gasteiger partial charge in [-0.25, -0.2) is 0 Å². The van der Waals surface area contributed by atoms with E-state index < -0.39 is 11.7 Å². The summed E-state index contributed by atoms with van der Waals surface area (Å²) in [5.41, 5.74) is 6.33. The van der Waals surface area contributed by atoms with E-state index in [4.69, 9.17) is 5.73 Å². The Bertz CT molecular complexity index is 761. The van der Waals surface area contributed by atoms with Gasteiger partial charge >= 0.3 is 6.18 Å². The smallest absolute Gasteiger partial charge is 0.397 e. The van der Waals surface area contributed by atoms with Gasteiger partial charge in [0, 0.05) is 12.6 Å². The molecule has 1 amide bonds. The lowest BCUT2D eigenvalue weighted by molar-refractivity contribution is -0.137. The minimum atomic E-state index is -4.44. The van der Waals surface area contributed by atoms with Gasteiger partial charge in [-0.1, -0.05) is 44.2 Å². The van der Waals surface area contributed by atoms with Crippen LogP contribution in [0.2, 0.25) is 0 Å². The van der Waals surface area contributed by atoms with Crippen LogP contribution in [0.25, 0.3) is 0 Å². The molecule has 27 heavy (non-hydrogen) atoms. The summed E-state index contributed by atoms with van der Waals surface area (Å²) in [6.45, 7) is 4.26. The van der Waals surface area contributed by atoms with Gasteiger partial charge in [0.25, 0.3) is 0 Å². The van der Waals surface area contributed by atoms with Gasteiger partial charge in [-0.2, -0.15) is 13.2 Å². The molecular weight excluding hydrogens is 355 g/mol. The lowest BCUT2D eigenvalue weighted by atomic mass is 10.0. The van der Waals surface area contributed by atoms with Crippen molar-refractivity contribution < 1.29 is 18.0 Å². The number of hydrogen-bond donors (Lipinski definition) is 3. The molecule has 0 fully saturated rings. The highest BCUT2D eigenvalue weighted by molar-refractivity contribution is 5.78. The van der Waals surface area contributed by atoms with Crippen LogP contribution in [-0.4, -0.2) is 18.5 Å². The maximum atomic E-state index is 12.8. The second-order valence-corrected chi connectivity index (χ2v) is 6.76. The van der Waals surface area contributed by atoms with Gasteiger partial charge in [-0.15, -0.1) is 0 Å². The molecular formula is C20H24F3N3O. The number of nitrogens with one attached hydrogen (secondary N) is 2. The van der Waals surface area contributed by atoms with Gasteiger partial charge in [-0.05, 0) is 29.7 Å². The van der Waals surface area contributed by atoms with Crippen LogP contribution in [0, 0.1) is 5.92 Å². The molecule has 0 saturated carbocycles. The molecule has 0 aliphatic rings. The fraction of sp³-hybridized carbons (Fsp3) is 0.350. The summed E-state index contributed by atoms with van der Waals surface area (Å²) in [5.74, 6) is 0.0118. The van der Waals surface area contributed by atoms with Crippen molar-refractivity contribution in [2.75, 3.05) is 17.6 Å². The first kappa shape index (κ1) is 20.6. The van der Waals surface area contributed by atoms with Crippen LogP contribution in [0.1, 0.15) is 25.0 Å². The van der Waals surface area contributed by atoms with E-state index in [1.54, 1.807) is 0 Å². The molecule has 2 rings (SSSR count). The lowest BCUT2D eigenvalue weighted by Crippen LogP contribution is -2.40. The topological polar surface area (TPSA) is 67.2 Å². The summed E-state index contributed by atoms with van der Waals surface area (Å²) < 4.78 is 38.3. The van der Waals surface area contributed by atoms with E-state index in [-0.39, 0.29) is 30.0 Å². The number of carbonyl (C=O) groups is 1. The van der Waals surface area contributed by atoms with Crippen molar-refractivity contribution in [3.63, 3.8) is 0 Å². The van der Waals surface area contributed by atoms with Crippen molar-refractivity contribution in [2.24, 2.45) is 5.92 Å². The predicted octanol–water partition coefficient (Wildman–Crippen LogP) is 4.08. The van der Waals surface area contributed by atoms with E-state index in [9.17, 15) is 18.0 Å². The molecule has 0 saturated heterocycles. The quantitative estimate of drug-likeness (QED) is 0.635. The number of carbonyl (C=O) groups excluding carboxylic acids is 1. The molecule has 0 unspecified atom stereocenters. The zero-order chi connectivity index (χ0) is 20.0. The van der Waals surface area contributed by atoms with Gasteiger partial charge in [0.1, 0.15) is 0 Å². The van der Waals surface area contributed by atoms with Gasteiger partial charge in [-0.3, -0.25) is 4.79 Å². The number of rotatable bonds is 7. The number of anilines is 2. The summed E-state index contributed by atoms with van der Waals surface area (Å²) in [4.78, 5) is 12.1.